The van der Waals surface area contributed by atoms with Gasteiger partial charge in [-0.05, 0) is 24.5 Å². The van der Waals surface area contributed by atoms with E-state index in [1.165, 1.54) is 11.9 Å². The van der Waals surface area contributed by atoms with Crippen LogP contribution in [0.15, 0.2) is 24.7 Å². The Bertz CT molecular complexity index is 759. The molecule has 2 aromatic rings. The average molecular weight is 343 g/mol. The molecule has 2 bridgehead atoms. The molecule has 2 atom stereocenters. The third kappa shape index (κ3) is 2.93. The Morgan fingerprint density at radius 2 is 2.04 bits per heavy atom. The molecule has 0 N–H and O–H groups in total. The van der Waals surface area contributed by atoms with E-state index in [1.807, 2.05) is 19.1 Å². The van der Waals surface area contributed by atoms with Crippen LogP contribution in [-0.2, 0) is 13.0 Å². The summed E-state index contributed by atoms with van der Waals surface area (Å²) in [5.41, 5.74) is 1.68. The Hall–Kier alpha value is -2.28. The SMILES string of the molecule is CCc1ncnc(N2CC3CC(C2)N3Cc2ccnc(OC)c2)c1F. The number of anilines is 1. The first-order chi connectivity index (χ1) is 12.2. The molecule has 6 nitrogen and oxygen atoms in total. The summed E-state index contributed by atoms with van der Waals surface area (Å²) < 4.78 is 19.7. The first kappa shape index (κ1) is 16.2. The Kier molecular flexibility index (Phi) is 4.25. The van der Waals surface area contributed by atoms with E-state index in [0.717, 1.165) is 26.1 Å². The van der Waals surface area contributed by atoms with E-state index in [9.17, 15) is 4.39 Å². The van der Waals surface area contributed by atoms with E-state index in [1.54, 1.807) is 13.3 Å². The van der Waals surface area contributed by atoms with Crippen LogP contribution < -0.4 is 9.64 Å². The van der Waals surface area contributed by atoms with Crippen LogP contribution >= 0.6 is 0 Å². The number of methoxy groups -OCH3 is 1. The molecule has 3 fully saturated rings. The molecule has 3 saturated heterocycles. The molecule has 5 rings (SSSR count). The van der Waals surface area contributed by atoms with Gasteiger partial charge in [0, 0.05) is 44.0 Å². The molecular formula is C18H22FN5O. The van der Waals surface area contributed by atoms with Crippen molar-refractivity contribution < 1.29 is 9.13 Å². The van der Waals surface area contributed by atoms with Crippen molar-refractivity contribution in [3.8, 4) is 5.88 Å². The van der Waals surface area contributed by atoms with Crippen LogP contribution in [0.1, 0.15) is 24.6 Å². The van der Waals surface area contributed by atoms with Crippen LogP contribution in [0.4, 0.5) is 10.2 Å². The summed E-state index contributed by atoms with van der Waals surface area (Å²) in [5.74, 6) is 0.823. The van der Waals surface area contributed by atoms with Gasteiger partial charge in [-0.15, -0.1) is 0 Å². The fraction of sp³-hybridized carbons (Fsp3) is 0.500. The molecular weight excluding hydrogens is 321 g/mol. The van der Waals surface area contributed by atoms with Crippen molar-refractivity contribution in [3.05, 3.63) is 41.7 Å². The lowest BCUT2D eigenvalue weighted by molar-refractivity contribution is -0.00898. The maximum Gasteiger partial charge on any atom is 0.213 e. The molecule has 0 aromatic carbocycles. The number of piperidine rings is 1. The van der Waals surface area contributed by atoms with Gasteiger partial charge >= 0.3 is 0 Å². The lowest BCUT2D eigenvalue weighted by Crippen LogP contribution is -2.68. The van der Waals surface area contributed by atoms with Crippen LogP contribution in [0.5, 0.6) is 5.88 Å². The van der Waals surface area contributed by atoms with E-state index in [4.69, 9.17) is 4.74 Å². The quantitative estimate of drug-likeness (QED) is 0.828. The third-order valence-corrected chi connectivity index (χ3v) is 5.20. The zero-order valence-electron chi connectivity index (χ0n) is 14.5. The smallest absolute Gasteiger partial charge is 0.213 e. The summed E-state index contributed by atoms with van der Waals surface area (Å²) >= 11 is 0. The number of fused-ring (bicyclic) bond motifs is 2. The van der Waals surface area contributed by atoms with Crippen LogP contribution in [0.2, 0.25) is 0 Å². The van der Waals surface area contributed by atoms with E-state index < -0.39 is 0 Å². The van der Waals surface area contributed by atoms with E-state index in [0.29, 0.717) is 35.9 Å². The number of ether oxygens (including phenoxy) is 1. The zero-order valence-corrected chi connectivity index (χ0v) is 14.5. The van der Waals surface area contributed by atoms with Crippen LogP contribution in [-0.4, -0.2) is 52.1 Å². The summed E-state index contributed by atoms with van der Waals surface area (Å²) in [6.07, 6.45) is 4.99. The topological polar surface area (TPSA) is 54.4 Å². The Balaban J connectivity index is 1.46. The minimum Gasteiger partial charge on any atom is -0.481 e. The van der Waals surface area contributed by atoms with Gasteiger partial charge in [0.05, 0.1) is 12.8 Å². The highest BCUT2D eigenvalue weighted by molar-refractivity contribution is 5.43. The van der Waals surface area contributed by atoms with Crippen LogP contribution in [0.25, 0.3) is 0 Å². The molecule has 0 saturated carbocycles. The number of piperazine rings is 1. The molecule has 3 aliphatic rings. The van der Waals surface area contributed by atoms with Crippen molar-refractivity contribution in [1.29, 1.82) is 0 Å². The minimum absolute atomic E-state index is 0.267. The highest BCUT2D eigenvalue weighted by Crippen LogP contribution is 2.36. The number of rotatable bonds is 5. The molecule has 0 spiro atoms. The van der Waals surface area contributed by atoms with Gasteiger partial charge < -0.3 is 9.64 Å². The van der Waals surface area contributed by atoms with Crippen molar-refractivity contribution in [2.24, 2.45) is 0 Å². The molecule has 0 amide bonds. The van der Waals surface area contributed by atoms with Crippen molar-refractivity contribution in [1.82, 2.24) is 19.9 Å². The number of nitrogens with zero attached hydrogens (tertiary/aromatic N) is 5. The second kappa shape index (κ2) is 6.55. The first-order valence-electron chi connectivity index (χ1n) is 8.68. The van der Waals surface area contributed by atoms with Gasteiger partial charge in [-0.2, -0.15) is 0 Å². The zero-order chi connectivity index (χ0) is 17.4. The molecule has 3 aliphatic heterocycles. The molecule has 132 valence electrons. The second-order valence-electron chi connectivity index (χ2n) is 6.64. The van der Waals surface area contributed by atoms with Gasteiger partial charge in [0.1, 0.15) is 6.33 Å². The highest BCUT2D eigenvalue weighted by atomic mass is 19.1. The summed E-state index contributed by atoms with van der Waals surface area (Å²) in [7, 11) is 1.63. The summed E-state index contributed by atoms with van der Waals surface area (Å²) in [6, 6.07) is 4.85. The summed E-state index contributed by atoms with van der Waals surface area (Å²) in [5, 5.41) is 0. The number of aryl methyl sites for hydroxylation is 1. The first-order valence-corrected chi connectivity index (χ1v) is 8.68. The Morgan fingerprint density at radius 1 is 1.24 bits per heavy atom. The van der Waals surface area contributed by atoms with Gasteiger partial charge in [0.25, 0.3) is 0 Å². The normalized spacial score (nSPS) is 22.6. The molecule has 2 aromatic heterocycles. The Morgan fingerprint density at radius 3 is 2.76 bits per heavy atom. The molecule has 5 heterocycles. The fourth-order valence-corrected chi connectivity index (χ4v) is 3.85. The maximum atomic E-state index is 14.5. The maximum absolute atomic E-state index is 14.5. The van der Waals surface area contributed by atoms with Gasteiger partial charge in [0.2, 0.25) is 5.88 Å². The highest BCUT2D eigenvalue weighted by Gasteiger charge is 2.45. The number of hydrogen-bond acceptors (Lipinski definition) is 6. The van der Waals surface area contributed by atoms with Crippen LogP contribution in [0.3, 0.4) is 0 Å². The molecule has 25 heavy (non-hydrogen) atoms. The van der Waals surface area contributed by atoms with Gasteiger partial charge in [-0.1, -0.05) is 6.92 Å². The van der Waals surface area contributed by atoms with Crippen molar-refractivity contribution in [2.75, 3.05) is 25.1 Å². The third-order valence-electron chi connectivity index (χ3n) is 5.20. The van der Waals surface area contributed by atoms with Gasteiger partial charge in [-0.25, -0.2) is 19.3 Å². The number of hydrogen-bond donors (Lipinski definition) is 0. The van der Waals surface area contributed by atoms with E-state index >= 15 is 0 Å². The predicted molar refractivity (Wildman–Crippen MR) is 92.1 cm³/mol. The predicted octanol–water partition coefficient (Wildman–Crippen LogP) is 2.04. The second-order valence-corrected chi connectivity index (χ2v) is 6.64. The summed E-state index contributed by atoms with van der Waals surface area (Å²) in [4.78, 5) is 16.9. The minimum atomic E-state index is -0.267. The largest absolute Gasteiger partial charge is 0.481 e. The number of halogens is 1. The summed E-state index contributed by atoms with van der Waals surface area (Å²) in [6.45, 7) is 4.38. The lowest BCUT2D eigenvalue weighted by Gasteiger charge is -2.56. The van der Waals surface area contributed by atoms with Gasteiger partial charge in [-0.3, -0.25) is 4.90 Å². The molecule has 2 unspecified atom stereocenters. The Labute approximate surface area is 146 Å². The van der Waals surface area contributed by atoms with E-state index in [2.05, 4.69) is 24.8 Å². The van der Waals surface area contributed by atoms with Gasteiger partial charge in [0.15, 0.2) is 11.6 Å². The molecule has 0 aliphatic carbocycles. The van der Waals surface area contributed by atoms with E-state index in [-0.39, 0.29) is 5.82 Å². The van der Waals surface area contributed by atoms with Crippen molar-refractivity contribution in [3.63, 3.8) is 0 Å². The van der Waals surface area contributed by atoms with Crippen LogP contribution in [0, 0.1) is 5.82 Å². The monoisotopic (exact) mass is 343 g/mol. The number of aromatic nitrogens is 3. The van der Waals surface area contributed by atoms with Crippen molar-refractivity contribution in [2.45, 2.75) is 38.4 Å². The molecule has 7 heteroatoms. The fourth-order valence-electron chi connectivity index (χ4n) is 3.85. The van der Waals surface area contributed by atoms with Crippen molar-refractivity contribution >= 4 is 5.82 Å². The molecule has 0 radical (unpaired) electrons. The number of pyridine rings is 1. The average Bonchev–Trinajstić information content (AvgIpc) is 2.66. The standard InChI is InChI=1S/C18H22FN5O/c1-3-15-17(19)18(22-11-21-15)23-9-13-7-14(10-23)24(13)8-12-4-5-20-16(6-12)25-2/h4-6,11,13-14H,3,7-10H2,1-2H3. The lowest BCUT2D eigenvalue weighted by atomic mass is 9.87.